The lowest BCUT2D eigenvalue weighted by atomic mass is 9.96. The highest BCUT2D eigenvalue weighted by molar-refractivity contribution is 6.08. The number of ether oxygens (including phenoxy) is 2. The second-order valence-corrected chi connectivity index (χ2v) is 6.45. The first-order valence-corrected chi connectivity index (χ1v) is 8.72. The molecule has 0 bridgehead atoms. The van der Waals surface area contributed by atoms with Gasteiger partial charge in [0.25, 0.3) is 5.91 Å². The van der Waals surface area contributed by atoms with Crippen LogP contribution in [0.15, 0.2) is 35.6 Å². The molecule has 140 valence electrons. The highest BCUT2D eigenvalue weighted by Crippen LogP contribution is 2.38. The third-order valence-corrected chi connectivity index (χ3v) is 4.85. The van der Waals surface area contributed by atoms with Crippen LogP contribution in [0.5, 0.6) is 5.75 Å². The van der Waals surface area contributed by atoms with Crippen molar-refractivity contribution in [1.82, 2.24) is 9.80 Å². The molecule has 1 N–H and O–H groups in total. The Bertz CT molecular complexity index is 724. The third-order valence-electron chi connectivity index (χ3n) is 4.85. The molecule has 1 fully saturated rings. The van der Waals surface area contributed by atoms with E-state index in [2.05, 4.69) is 4.90 Å². The Kier molecular flexibility index (Phi) is 5.58. The number of aliphatic hydroxyl groups excluding tert-OH is 1. The van der Waals surface area contributed by atoms with Crippen LogP contribution >= 0.6 is 0 Å². The third kappa shape index (κ3) is 3.59. The van der Waals surface area contributed by atoms with E-state index in [1.165, 1.54) is 6.92 Å². The second-order valence-electron chi connectivity index (χ2n) is 6.45. The minimum atomic E-state index is -0.601. The molecule has 0 spiro atoms. The number of morpholine rings is 1. The number of hydrogen-bond acceptors (Lipinski definition) is 6. The van der Waals surface area contributed by atoms with Gasteiger partial charge in [-0.25, -0.2) is 0 Å². The minimum absolute atomic E-state index is 0.144. The molecule has 1 amide bonds. The zero-order valence-electron chi connectivity index (χ0n) is 15.1. The molecule has 0 saturated carbocycles. The molecule has 2 heterocycles. The van der Waals surface area contributed by atoms with Gasteiger partial charge < -0.3 is 19.5 Å². The molecule has 0 radical (unpaired) electrons. The van der Waals surface area contributed by atoms with Crippen LogP contribution in [-0.2, 0) is 14.3 Å². The number of Topliss-reactive ketones (excluding diaryl/α,β-unsaturated/α-hetero) is 1. The van der Waals surface area contributed by atoms with Crippen LogP contribution < -0.4 is 4.74 Å². The molecule has 2 aliphatic rings. The van der Waals surface area contributed by atoms with Crippen molar-refractivity contribution in [1.29, 1.82) is 0 Å². The highest BCUT2D eigenvalue weighted by Gasteiger charge is 2.42. The number of carbonyl (C=O) groups is 2. The Labute approximate surface area is 152 Å². The Hall–Kier alpha value is -2.38. The van der Waals surface area contributed by atoms with Crippen molar-refractivity contribution in [3.05, 3.63) is 41.2 Å². The zero-order valence-corrected chi connectivity index (χ0v) is 15.1. The second kappa shape index (κ2) is 7.88. The van der Waals surface area contributed by atoms with E-state index in [1.807, 2.05) is 12.1 Å². The fraction of sp³-hybridized carbons (Fsp3) is 0.474. The van der Waals surface area contributed by atoms with Crippen LogP contribution in [0.2, 0.25) is 0 Å². The van der Waals surface area contributed by atoms with Gasteiger partial charge in [-0.1, -0.05) is 12.1 Å². The van der Waals surface area contributed by atoms with Crippen LogP contribution in [0.4, 0.5) is 0 Å². The zero-order chi connectivity index (χ0) is 18.7. The van der Waals surface area contributed by atoms with Crippen LogP contribution in [0.1, 0.15) is 18.5 Å². The maximum Gasteiger partial charge on any atom is 0.290 e. The summed E-state index contributed by atoms with van der Waals surface area (Å²) in [6, 6.07) is 6.64. The van der Waals surface area contributed by atoms with E-state index in [0.29, 0.717) is 32.1 Å². The predicted molar refractivity (Wildman–Crippen MR) is 95.0 cm³/mol. The van der Waals surface area contributed by atoms with Crippen molar-refractivity contribution >= 4 is 11.7 Å². The largest absolute Gasteiger partial charge is 0.503 e. The van der Waals surface area contributed by atoms with Crippen LogP contribution in [0, 0.1) is 0 Å². The van der Waals surface area contributed by atoms with Crippen molar-refractivity contribution in [3.63, 3.8) is 0 Å². The van der Waals surface area contributed by atoms with Gasteiger partial charge in [0.1, 0.15) is 5.75 Å². The fourth-order valence-corrected chi connectivity index (χ4v) is 3.48. The average molecular weight is 360 g/mol. The Morgan fingerprint density at radius 2 is 2.04 bits per heavy atom. The number of ketones is 1. The monoisotopic (exact) mass is 360 g/mol. The molecule has 2 aliphatic heterocycles. The van der Waals surface area contributed by atoms with Crippen molar-refractivity contribution in [2.75, 3.05) is 46.5 Å². The number of amides is 1. The Balaban J connectivity index is 1.88. The molecule has 1 aromatic carbocycles. The lowest BCUT2D eigenvalue weighted by molar-refractivity contribution is -0.129. The smallest absolute Gasteiger partial charge is 0.290 e. The van der Waals surface area contributed by atoms with Crippen LogP contribution in [0.3, 0.4) is 0 Å². The van der Waals surface area contributed by atoms with E-state index >= 15 is 0 Å². The Morgan fingerprint density at radius 1 is 1.31 bits per heavy atom. The number of nitrogens with zero attached hydrogens (tertiary/aromatic N) is 2. The van der Waals surface area contributed by atoms with Gasteiger partial charge in [0.15, 0.2) is 11.5 Å². The van der Waals surface area contributed by atoms with E-state index in [1.54, 1.807) is 24.1 Å². The first-order valence-electron chi connectivity index (χ1n) is 8.72. The van der Waals surface area contributed by atoms with Crippen molar-refractivity contribution < 1.29 is 24.2 Å². The molecule has 7 heteroatoms. The normalized spacial score (nSPS) is 21.4. The van der Waals surface area contributed by atoms with Crippen LogP contribution in [-0.4, -0.2) is 73.1 Å². The van der Waals surface area contributed by atoms with Gasteiger partial charge in [0.05, 0.1) is 31.9 Å². The molecule has 3 rings (SSSR count). The van der Waals surface area contributed by atoms with E-state index in [4.69, 9.17) is 9.47 Å². The number of aliphatic hydroxyl groups is 1. The summed E-state index contributed by atoms with van der Waals surface area (Å²) in [5.41, 5.74) is 0.888. The average Bonchev–Trinajstić information content (AvgIpc) is 2.92. The van der Waals surface area contributed by atoms with Gasteiger partial charge in [0.2, 0.25) is 0 Å². The summed E-state index contributed by atoms with van der Waals surface area (Å²) < 4.78 is 10.6. The van der Waals surface area contributed by atoms with Crippen LogP contribution in [0.25, 0.3) is 0 Å². The van der Waals surface area contributed by atoms with Gasteiger partial charge in [-0.15, -0.1) is 0 Å². The number of methoxy groups -OCH3 is 1. The lowest BCUT2D eigenvalue weighted by Gasteiger charge is -2.31. The summed E-state index contributed by atoms with van der Waals surface area (Å²) in [5, 5.41) is 10.3. The molecule has 7 nitrogen and oxygen atoms in total. The topological polar surface area (TPSA) is 79.3 Å². The predicted octanol–water partition coefficient (Wildman–Crippen LogP) is 1.31. The molecule has 1 saturated heterocycles. The van der Waals surface area contributed by atoms with E-state index in [9.17, 15) is 14.7 Å². The minimum Gasteiger partial charge on any atom is -0.503 e. The number of hydrogen-bond donors (Lipinski definition) is 1. The van der Waals surface area contributed by atoms with E-state index in [0.717, 1.165) is 18.7 Å². The standard InChI is InChI=1S/C19H24N2O5/c1-13(22)16-17(14-4-3-5-15(12-14)25-2)21(19(24)18(16)23)7-6-20-8-10-26-11-9-20/h3-5,12,17,23H,6-11H2,1-2H3. The summed E-state index contributed by atoms with van der Waals surface area (Å²) in [6.07, 6.45) is 0. The molecule has 1 aromatic rings. The van der Waals surface area contributed by atoms with Gasteiger partial charge in [-0.2, -0.15) is 0 Å². The summed E-state index contributed by atoms with van der Waals surface area (Å²) >= 11 is 0. The number of rotatable bonds is 6. The Morgan fingerprint density at radius 3 is 2.69 bits per heavy atom. The molecule has 1 atom stereocenters. The fourth-order valence-electron chi connectivity index (χ4n) is 3.48. The molecule has 0 aromatic heterocycles. The summed E-state index contributed by atoms with van der Waals surface area (Å²) in [5.74, 6) is -0.626. The maximum absolute atomic E-state index is 12.6. The van der Waals surface area contributed by atoms with Crippen molar-refractivity contribution in [2.45, 2.75) is 13.0 Å². The summed E-state index contributed by atoms with van der Waals surface area (Å²) in [7, 11) is 1.56. The summed E-state index contributed by atoms with van der Waals surface area (Å²) in [4.78, 5) is 28.5. The number of benzene rings is 1. The van der Waals surface area contributed by atoms with Crippen molar-refractivity contribution in [3.8, 4) is 5.75 Å². The first kappa shape index (κ1) is 18.4. The van der Waals surface area contributed by atoms with Crippen molar-refractivity contribution in [2.24, 2.45) is 0 Å². The molecular formula is C19H24N2O5. The molecular weight excluding hydrogens is 336 g/mol. The first-order chi connectivity index (χ1) is 12.5. The SMILES string of the molecule is COc1cccc(C2C(C(C)=O)=C(O)C(=O)N2CCN2CCOCC2)c1. The van der Waals surface area contributed by atoms with E-state index in [-0.39, 0.29) is 11.4 Å². The quantitative estimate of drug-likeness (QED) is 0.824. The van der Waals surface area contributed by atoms with Gasteiger partial charge >= 0.3 is 0 Å². The van der Waals surface area contributed by atoms with Gasteiger partial charge in [-0.3, -0.25) is 14.5 Å². The number of carbonyl (C=O) groups excluding carboxylic acids is 2. The molecule has 0 aliphatic carbocycles. The van der Waals surface area contributed by atoms with Gasteiger partial charge in [-0.05, 0) is 24.6 Å². The molecule has 1 unspecified atom stereocenters. The van der Waals surface area contributed by atoms with E-state index < -0.39 is 17.7 Å². The summed E-state index contributed by atoms with van der Waals surface area (Å²) in [6.45, 7) is 5.42. The molecule has 26 heavy (non-hydrogen) atoms. The maximum atomic E-state index is 12.6. The lowest BCUT2D eigenvalue weighted by Crippen LogP contribution is -2.43. The van der Waals surface area contributed by atoms with Gasteiger partial charge in [0, 0.05) is 26.2 Å². The highest BCUT2D eigenvalue weighted by atomic mass is 16.5.